The van der Waals surface area contributed by atoms with Gasteiger partial charge >= 0.3 is 0 Å². The van der Waals surface area contributed by atoms with Gasteiger partial charge in [-0.1, -0.05) is 0 Å². The first-order chi connectivity index (χ1) is 9.11. The van der Waals surface area contributed by atoms with Gasteiger partial charge in [0.05, 0.1) is 22.8 Å². The number of anilines is 1. The molecule has 0 radical (unpaired) electrons. The summed E-state index contributed by atoms with van der Waals surface area (Å²) in [7, 11) is 0. The highest BCUT2D eigenvalue weighted by atomic mass is 19.1. The fraction of sp³-hybridized carbons (Fsp3) is 0.250. The first kappa shape index (κ1) is 13.0. The number of hydrogen-bond donors (Lipinski definition) is 1. The standard InChI is InChI=1S/C12H13FN4O2/c1-2-16-10(5-6-15-16)8-14-12-7-9(17(18)19)3-4-11(12)13/h3-7,14H,2,8H2,1H3. The van der Waals surface area contributed by atoms with Crippen molar-refractivity contribution in [1.82, 2.24) is 9.78 Å². The number of halogens is 1. The molecule has 100 valence electrons. The Bertz CT molecular complexity index is 597. The fourth-order valence-corrected chi connectivity index (χ4v) is 1.74. The van der Waals surface area contributed by atoms with E-state index in [9.17, 15) is 14.5 Å². The van der Waals surface area contributed by atoms with Gasteiger partial charge in [0.1, 0.15) is 5.82 Å². The van der Waals surface area contributed by atoms with Gasteiger partial charge in [0.25, 0.3) is 5.69 Å². The summed E-state index contributed by atoms with van der Waals surface area (Å²) in [6, 6.07) is 5.21. The van der Waals surface area contributed by atoms with Crippen LogP contribution in [0.3, 0.4) is 0 Å². The molecular weight excluding hydrogens is 251 g/mol. The molecule has 0 bridgehead atoms. The highest BCUT2D eigenvalue weighted by Crippen LogP contribution is 2.21. The molecule has 1 aromatic carbocycles. The van der Waals surface area contributed by atoms with E-state index in [1.807, 2.05) is 13.0 Å². The van der Waals surface area contributed by atoms with Crippen molar-refractivity contribution in [2.45, 2.75) is 20.0 Å². The number of rotatable bonds is 5. The second-order valence-electron chi connectivity index (χ2n) is 3.91. The summed E-state index contributed by atoms with van der Waals surface area (Å²) in [5.41, 5.74) is 0.847. The first-order valence-corrected chi connectivity index (χ1v) is 5.80. The number of nitrogens with one attached hydrogen (secondary N) is 1. The second kappa shape index (κ2) is 5.47. The zero-order chi connectivity index (χ0) is 13.8. The maximum absolute atomic E-state index is 13.5. The third-order valence-corrected chi connectivity index (χ3v) is 2.72. The SMILES string of the molecule is CCn1nccc1CNc1cc([N+](=O)[O-])ccc1F. The molecule has 0 amide bonds. The Balaban J connectivity index is 2.15. The number of aromatic nitrogens is 2. The number of aryl methyl sites for hydroxylation is 1. The largest absolute Gasteiger partial charge is 0.377 e. The number of hydrogen-bond acceptors (Lipinski definition) is 4. The average Bonchev–Trinajstić information content (AvgIpc) is 2.85. The predicted molar refractivity (Wildman–Crippen MR) is 68.3 cm³/mol. The Hall–Kier alpha value is -2.44. The van der Waals surface area contributed by atoms with Gasteiger partial charge < -0.3 is 5.32 Å². The highest BCUT2D eigenvalue weighted by molar-refractivity contribution is 5.52. The van der Waals surface area contributed by atoms with Crippen LogP contribution in [0.4, 0.5) is 15.8 Å². The van der Waals surface area contributed by atoms with Gasteiger partial charge in [-0.15, -0.1) is 0 Å². The number of non-ortho nitro benzene ring substituents is 1. The zero-order valence-electron chi connectivity index (χ0n) is 10.3. The predicted octanol–water partition coefficient (Wildman–Crippen LogP) is 2.56. The molecule has 0 saturated heterocycles. The van der Waals surface area contributed by atoms with Crippen molar-refractivity contribution in [2.24, 2.45) is 0 Å². The van der Waals surface area contributed by atoms with Crippen molar-refractivity contribution in [3.63, 3.8) is 0 Å². The van der Waals surface area contributed by atoms with Crippen LogP contribution >= 0.6 is 0 Å². The van der Waals surface area contributed by atoms with Crippen molar-refractivity contribution >= 4 is 11.4 Å². The molecule has 0 aliphatic rings. The Morgan fingerprint density at radius 2 is 2.26 bits per heavy atom. The molecule has 1 N–H and O–H groups in total. The lowest BCUT2D eigenvalue weighted by Gasteiger charge is -2.08. The molecule has 0 spiro atoms. The fourth-order valence-electron chi connectivity index (χ4n) is 1.74. The summed E-state index contributed by atoms with van der Waals surface area (Å²) in [6.07, 6.45) is 1.66. The maximum atomic E-state index is 13.5. The van der Waals surface area contributed by atoms with E-state index < -0.39 is 10.7 Å². The molecule has 0 atom stereocenters. The minimum Gasteiger partial charge on any atom is -0.377 e. The van der Waals surface area contributed by atoms with Crippen molar-refractivity contribution < 1.29 is 9.31 Å². The van der Waals surface area contributed by atoms with E-state index in [1.54, 1.807) is 10.9 Å². The Morgan fingerprint density at radius 1 is 1.47 bits per heavy atom. The first-order valence-electron chi connectivity index (χ1n) is 5.80. The summed E-state index contributed by atoms with van der Waals surface area (Å²) >= 11 is 0. The third-order valence-electron chi connectivity index (χ3n) is 2.72. The van der Waals surface area contributed by atoms with Crippen LogP contribution in [0.25, 0.3) is 0 Å². The van der Waals surface area contributed by atoms with E-state index in [-0.39, 0.29) is 11.4 Å². The summed E-state index contributed by atoms with van der Waals surface area (Å²) in [5, 5.41) is 17.6. The van der Waals surface area contributed by atoms with Crippen molar-refractivity contribution in [3.8, 4) is 0 Å². The van der Waals surface area contributed by atoms with Crippen LogP contribution in [-0.4, -0.2) is 14.7 Å². The quantitative estimate of drug-likeness (QED) is 0.665. The van der Waals surface area contributed by atoms with E-state index in [1.165, 1.54) is 6.07 Å². The third kappa shape index (κ3) is 2.87. The van der Waals surface area contributed by atoms with Gasteiger partial charge in [-0.2, -0.15) is 5.10 Å². The Labute approximate surface area is 109 Å². The van der Waals surface area contributed by atoms with Crippen LogP contribution < -0.4 is 5.32 Å². The van der Waals surface area contributed by atoms with Crippen LogP contribution in [0.5, 0.6) is 0 Å². The van der Waals surface area contributed by atoms with Gasteiger partial charge in [-0.05, 0) is 19.1 Å². The molecule has 7 heteroatoms. The number of benzene rings is 1. The molecule has 19 heavy (non-hydrogen) atoms. The molecule has 0 unspecified atom stereocenters. The van der Waals surface area contributed by atoms with Crippen LogP contribution in [0.2, 0.25) is 0 Å². The van der Waals surface area contributed by atoms with E-state index >= 15 is 0 Å². The van der Waals surface area contributed by atoms with Crippen molar-refractivity contribution in [3.05, 3.63) is 52.1 Å². The molecule has 0 fully saturated rings. The van der Waals surface area contributed by atoms with Gasteiger partial charge in [0, 0.05) is 24.9 Å². The van der Waals surface area contributed by atoms with E-state index in [0.717, 1.165) is 17.8 Å². The summed E-state index contributed by atoms with van der Waals surface area (Å²) < 4.78 is 15.3. The van der Waals surface area contributed by atoms with E-state index in [0.29, 0.717) is 13.1 Å². The van der Waals surface area contributed by atoms with Crippen LogP contribution in [0, 0.1) is 15.9 Å². The Kier molecular flexibility index (Phi) is 3.74. The minimum atomic E-state index is -0.555. The molecule has 2 rings (SSSR count). The molecular formula is C12H13FN4O2. The summed E-state index contributed by atoms with van der Waals surface area (Å²) in [5.74, 6) is -0.520. The Morgan fingerprint density at radius 3 is 2.95 bits per heavy atom. The average molecular weight is 264 g/mol. The van der Waals surface area contributed by atoms with Crippen LogP contribution in [0.15, 0.2) is 30.5 Å². The number of nitro benzene ring substituents is 1. The van der Waals surface area contributed by atoms with Gasteiger partial charge in [0.15, 0.2) is 0 Å². The molecule has 6 nitrogen and oxygen atoms in total. The summed E-state index contributed by atoms with van der Waals surface area (Å²) in [6.45, 7) is 3.01. The molecule has 1 heterocycles. The van der Waals surface area contributed by atoms with Crippen LogP contribution in [0.1, 0.15) is 12.6 Å². The van der Waals surface area contributed by atoms with E-state index in [4.69, 9.17) is 0 Å². The lowest BCUT2D eigenvalue weighted by molar-refractivity contribution is -0.384. The van der Waals surface area contributed by atoms with Crippen molar-refractivity contribution in [2.75, 3.05) is 5.32 Å². The zero-order valence-corrected chi connectivity index (χ0v) is 10.3. The monoisotopic (exact) mass is 264 g/mol. The molecule has 0 aliphatic carbocycles. The maximum Gasteiger partial charge on any atom is 0.271 e. The minimum absolute atomic E-state index is 0.109. The highest BCUT2D eigenvalue weighted by Gasteiger charge is 2.11. The van der Waals surface area contributed by atoms with E-state index in [2.05, 4.69) is 10.4 Å². The molecule has 2 aromatic rings. The number of nitrogens with zero attached hydrogens (tertiary/aromatic N) is 3. The smallest absolute Gasteiger partial charge is 0.271 e. The van der Waals surface area contributed by atoms with Crippen LogP contribution in [-0.2, 0) is 13.1 Å². The summed E-state index contributed by atoms with van der Waals surface area (Å²) in [4.78, 5) is 10.1. The molecule has 0 aliphatic heterocycles. The van der Waals surface area contributed by atoms with Gasteiger partial charge in [-0.3, -0.25) is 14.8 Å². The second-order valence-corrected chi connectivity index (χ2v) is 3.91. The van der Waals surface area contributed by atoms with Gasteiger partial charge in [-0.25, -0.2) is 4.39 Å². The topological polar surface area (TPSA) is 73.0 Å². The molecule has 1 aromatic heterocycles. The number of nitro groups is 1. The lowest BCUT2D eigenvalue weighted by atomic mass is 10.2. The normalized spacial score (nSPS) is 10.4. The van der Waals surface area contributed by atoms with Gasteiger partial charge in [0.2, 0.25) is 0 Å². The molecule has 0 saturated carbocycles. The van der Waals surface area contributed by atoms with Crippen molar-refractivity contribution in [1.29, 1.82) is 0 Å². The lowest BCUT2D eigenvalue weighted by Crippen LogP contribution is -2.08.